The second-order valence-electron chi connectivity index (χ2n) is 7.58. The lowest BCUT2D eigenvalue weighted by Crippen LogP contribution is -2.37. The quantitative estimate of drug-likeness (QED) is 0.531. The highest BCUT2D eigenvalue weighted by Crippen LogP contribution is 2.26. The normalized spacial score (nSPS) is 13.8. The van der Waals surface area contributed by atoms with Crippen LogP contribution < -0.4 is 15.1 Å². The molecule has 4 rings (SSSR count). The van der Waals surface area contributed by atoms with E-state index < -0.39 is 5.97 Å². The van der Waals surface area contributed by atoms with Crippen LogP contribution in [0.15, 0.2) is 36.7 Å². The number of anilines is 3. The Morgan fingerprint density at radius 2 is 2.12 bits per heavy atom. The van der Waals surface area contributed by atoms with E-state index in [9.17, 15) is 9.90 Å². The van der Waals surface area contributed by atoms with Gasteiger partial charge in [0.15, 0.2) is 5.13 Å². The van der Waals surface area contributed by atoms with Crippen LogP contribution >= 0.6 is 11.3 Å². The lowest BCUT2D eigenvalue weighted by Gasteiger charge is -2.29. The molecule has 4 heterocycles. The molecular weight excluding hydrogens is 428 g/mol. The Kier molecular flexibility index (Phi) is 6.81. The maximum atomic E-state index is 11.3. The molecule has 0 radical (unpaired) electrons. The number of nitrogens with zero attached hydrogens (tertiary/aromatic N) is 5. The van der Waals surface area contributed by atoms with Crippen molar-refractivity contribution < 1.29 is 14.6 Å². The van der Waals surface area contributed by atoms with Crippen LogP contribution in [-0.4, -0.2) is 59.4 Å². The Morgan fingerprint density at radius 1 is 1.31 bits per heavy atom. The number of thiazole rings is 1. The molecule has 168 valence electrons. The van der Waals surface area contributed by atoms with E-state index >= 15 is 0 Å². The molecule has 3 aromatic rings. The summed E-state index contributed by atoms with van der Waals surface area (Å²) in [7, 11) is 2.05. The van der Waals surface area contributed by atoms with E-state index in [1.54, 1.807) is 13.1 Å². The van der Waals surface area contributed by atoms with E-state index in [4.69, 9.17) is 9.72 Å². The number of nitrogens with one attached hydrogen (secondary N) is 1. The van der Waals surface area contributed by atoms with Crippen LogP contribution in [0.3, 0.4) is 0 Å². The summed E-state index contributed by atoms with van der Waals surface area (Å²) in [4.78, 5) is 29.3. The van der Waals surface area contributed by atoms with Gasteiger partial charge in [-0.3, -0.25) is 4.98 Å². The van der Waals surface area contributed by atoms with Crippen molar-refractivity contribution in [2.45, 2.75) is 20.0 Å². The van der Waals surface area contributed by atoms with Crippen LogP contribution in [-0.2, 0) is 17.8 Å². The SMILES string of the molecule is Cc1nc(NCc2cc(N(C)Cc3cccnc3)cc(N3CCOCC3)n2)sc1C(=O)O. The smallest absolute Gasteiger partial charge is 0.347 e. The number of pyridine rings is 2. The monoisotopic (exact) mass is 454 g/mol. The third-order valence-electron chi connectivity index (χ3n) is 5.18. The minimum Gasteiger partial charge on any atom is -0.477 e. The first kappa shape index (κ1) is 22.0. The highest BCUT2D eigenvalue weighted by atomic mass is 32.1. The van der Waals surface area contributed by atoms with E-state index in [1.807, 2.05) is 25.4 Å². The first-order valence-electron chi connectivity index (χ1n) is 10.4. The van der Waals surface area contributed by atoms with Gasteiger partial charge in [-0.15, -0.1) is 0 Å². The molecule has 2 N–H and O–H groups in total. The summed E-state index contributed by atoms with van der Waals surface area (Å²) in [6.45, 7) is 5.82. The zero-order valence-corrected chi connectivity index (χ0v) is 18.9. The molecule has 0 amide bonds. The van der Waals surface area contributed by atoms with E-state index in [0.717, 1.165) is 53.7 Å². The average Bonchev–Trinajstić information content (AvgIpc) is 3.19. The van der Waals surface area contributed by atoms with Gasteiger partial charge in [0.25, 0.3) is 0 Å². The van der Waals surface area contributed by atoms with E-state index in [1.165, 1.54) is 0 Å². The van der Waals surface area contributed by atoms with E-state index in [2.05, 4.69) is 37.2 Å². The van der Waals surface area contributed by atoms with Crippen LogP contribution in [0.25, 0.3) is 0 Å². The molecule has 0 atom stereocenters. The van der Waals surface area contributed by atoms with Crippen LogP contribution in [0.5, 0.6) is 0 Å². The summed E-state index contributed by atoms with van der Waals surface area (Å²) in [5, 5.41) is 13.1. The number of carbonyl (C=O) groups is 1. The van der Waals surface area contributed by atoms with Gasteiger partial charge in [-0.2, -0.15) is 0 Å². The third kappa shape index (κ3) is 5.32. The first-order valence-corrected chi connectivity index (χ1v) is 11.2. The van der Waals surface area contributed by atoms with Crippen LogP contribution in [0, 0.1) is 6.92 Å². The van der Waals surface area contributed by atoms with Crippen molar-refractivity contribution in [3.63, 3.8) is 0 Å². The molecule has 3 aromatic heterocycles. The molecule has 1 saturated heterocycles. The molecule has 1 aliphatic rings. The van der Waals surface area contributed by atoms with Crippen molar-refractivity contribution in [1.82, 2.24) is 15.0 Å². The fraction of sp³-hybridized carbons (Fsp3) is 0.364. The van der Waals surface area contributed by atoms with Gasteiger partial charge in [0.05, 0.1) is 31.1 Å². The number of rotatable bonds is 8. The van der Waals surface area contributed by atoms with Gasteiger partial charge in [-0.25, -0.2) is 14.8 Å². The Hall–Kier alpha value is -3.24. The second-order valence-corrected chi connectivity index (χ2v) is 8.58. The van der Waals surface area contributed by atoms with Crippen molar-refractivity contribution in [2.24, 2.45) is 0 Å². The fourth-order valence-electron chi connectivity index (χ4n) is 3.52. The summed E-state index contributed by atoms with van der Waals surface area (Å²) < 4.78 is 5.49. The molecule has 1 aliphatic heterocycles. The third-order valence-corrected chi connectivity index (χ3v) is 6.28. The van der Waals surface area contributed by atoms with Crippen molar-refractivity contribution in [3.8, 4) is 0 Å². The van der Waals surface area contributed by atoms with Crippen LogP contribution in [0.1, 0.15) is 26.6 Å². The lowest BCUT2D eigenvalue weighted by molar-refractivity contribution is 0.0701. The molecule has 0 saturated carbocycles. The van der Waals surface area contributed by atoms with Gasteiger partial charge >= 0.3 is 5.97 Å². The Labute approximate surface area is 190 Å². The molecule has 0 aliphatic carbocycles. The minimum atomic E-state index is -0.959. The van der Waals surface area contributed by atoms with Gasteiger partial charge in [0.2, 0.25) is 0 Å². The number of aromatic nitrogens is 3. The van der Waals surface area contributed by atoms with Gasteiger partial charge in [0, 0.05) is 50.8 Å². The number of aromatic carboxylic acids is 1. The van der Waals surface area contributed by atoms with Crippen molar-refractivity contribution in [3.05, 3.63) is 58.5 Å². The molecule has 0 unspecified atom stereocenters. The number of hydrogen-bond acceptors (Lipinski definition) is 9. The molecule has 0 spiro atoms. The Bertz CT molecular complexity index is 1070. The molecule has 0 aromatic carbocycles. The van der Waals surface area contributed by atoms with Crippen molar-refractivity contribution in [1.29, 1.82) is 0 Å². The summed E-state index contributed by atoms with van der Waals surface area (Å²) in [5.74, 6) is -0.0537. The fourth-order valence-corrected chi connectivity index (χ4v) is 4.32. The maximum absolute atomic E-state index is 11.3. The largest absolute Gasteiger partial charge is 0.477 e. The second kappa shape index (κ2) is 9.92. The number of ether oxygens (including phenoxy) is 1. The Morgan fingerprint density at radius 3 is 2.81 bits per heavy atom. The summed E-state index contributed by atoms with van der Waals surface area (Å²) in [6.07, 6.45) is 3.64. The van der Waals surface area contributed by atoms with Gasteiger partial charge in [-0.1, -0.05) is 17.4 Å². The topological polar surface area (TPSA) is 104 Å². The molecule has 0 bridgehead atoms. The molecule has 10 heteroatoms. The van der Waals surface area contributed by atoms with Crippen molar-refractivity contribution >= 4 is 33.9 Å². The summed E-state index contributed by atoms with van der Waals surface area (Å²) in [5.41, 5.74) is 3.53. The highest BCUT2D eigenvalue weighted by Gasteiger charge is 2.17. The van der Waals surface area contributed by atoms with Gasteiger partial charge in [0.1, 0.15) is 10.7 Å². The maximum Gasteiger partial charge on any atom is 0.347 e. The van der Waals surface area contributed by atoms with E-state index in [0.29, 0.717) is 30.6 Å². The van der Waals surface area contributed by atoms with Crippen LogP contribution in [0.4, 0.5) is 16.6 Å². The van der Waals surface area contributed by atoms with Gasteiger partial charge in [-0.05, 0) is 24.6 Å². The molecule has 9 nitrogen and oxygen atoms in total. The van der Waals surface area contributed by atoms with Crippen molar-refractivity contribution in [2.75, 3.05) is 48.5 Å². The lowest BCUT2D eigenvalue weighted by atomic mass is 10.2. The predicted octanol–water partition coefficient (Wildman–Crippen LogP) is 3.02. The summed E-state index contributed by atoms with van der Waals surface area (Å²) >= 11 is 1.14. The average molecular weight is 455 g/mol. The van der Waals surface area contributed by atoms with E-state index in [-0.39, 0.29) is 4.88 Å². The predicted molar refractivity (Wildman–Crippen MR) is 125 cm³/mol. The zero-order chi connectivity index (χ0) is 22.5. The number of carboxylic acids is 1. The summed E-state index contributed by atoms with van der Waals surface area (Å²) in [6, 6.07) is 8.14. The van der Waals surface area contributed by atoms with Gasteiger partial charge < -0.3 is 25.0 Å². The number of carboxylic acid groups (broad SMARTS) is 1. The standard InChI is InChI=1S/C22H26N6O3S/c1-15-20(21(29)30)32-22(25-15)24-13-17-10-18(27(2)14-16-4-3-5-23-12-16)11-19(26-17)28-6-8-31-9-7-28/h3-5,10-12H,6-9,13-14H2,1-2H3,(H,24,25)(H,29,30). The van der Waals surface area contributed by atoms with Crippen LogP contribution in [0.2, 0.25) is 0 Å². The highest BCUT2D eigenvalue weighted by molar-refractivity contribution is 7.17. The number of aryl methyl sites for hydroxylation is 1. The number of hydrogen-bond donors (Lipinski definition) is 2. The zero-order valence-electron chi connectivity index (χ0n) is 18.1. The molecular formula is C22H26N6O3S. The molecule has 1 fully saturated rings. The Balaban J connectivity index is 1.56. The first-order chi connectivity index (χ1) is 15.5. The number of morpholine rings is 1. The minimum absolute atomic E-state index is 0.249. The molecule has 32 heavy (non-hydrogen) atoms.